The lowest BCUT2D eigenvalue weighted by molar-refractivity contribution is -0.115. The van der Waals surface area contributed by atoms with Crippen LogP contribution in [-0.2, 0) is 9.53 Å². The van der Waals surface area contributed by atoms with E-state index in [1.807, 2.05) is 0 Å². The van der Waals surface area contributed by atoms with Gasteiger partial charge < -0.3 is 14.5 Å². The zero-order valence-electron chi connectivity index (χ0n) is 15.7. The maximum Gasteiger partial charge on any atom is 0.337 e. The van der Waals surface area contributed by atoms with E-state index < -0.39 is 17.9 Å². The van der Waals surface area contributed by atoms with Crippen LogP contribution in [0, 0.1) is 0 Å². The zero-order chi connectivity index (χ0) is 21.3. The number of benzene rings is 2. The predicted molar refractivity (Wildman–Crippen MR) is 110 cm³/mol. The second-order valence-electron chi connectivity index (χ2n) is 6.40. The minimum absolute atomic E-state index is 0.0733. The largest absolute Gasteiger partial charge is 0.465 e. The molecule has 1 aliphatic rings. The quantitative estimate of drug-likeness (QED) is 0.376. The number of amides is 3. The standard InChI is InChI=1S/C22H15ClN2O5/c1-29-21(27)13-7-5-12(6-8-13)16-9-10-17(30-16)18(14-3-2-4-15(23)11-14)19-20(26)25-22(28)24-19/h2-11H,1H3,(H2,24,25,26,28). The number of furan rings is 1. The Morgan fingerprint density at radius 1 is 0.967 bits per heavy atom. The van der Waals surface area contributed by atoms with Gasteiger partial charge in [0.2, 0.25) is 0 Å². The van der Waals surface area contributed by atoms with Crippen LogP contribution in [-0.4, -0.2) is 25.0 Å². The summed E-state index contributed by atoms with van der Waals surface area (Å²) in [7, 11) is 1.32. The second-order valence-corrected chi connectivity index (χ2v) is 6.84. The van der Waals surface area contributed by atoms with Gasteiger partial charge in [-0.05, 0) is 42.0 Å². The third kappa shape index (κ3) is 3.70. The van der Waals surface area contributed by atoms with Crippen LogP contribution in [0.3, 0.4) is 0 Å². The van der Waals surface area contributed by atoms with Crippen molar-refractivity contribution in [3.8, 4) is 11.3 Å². The molecule has 2 aromatic carbocycles. The Kier molecular flexibility index (Phi) is 5.12. The molecule has 1 saturated heterocycles. The van der Waals surface area contributed by atoms with Crippen molar-refractivity contribution in [3.05, 3.63) is 88.3 Å². The highest BCUT2D eigenvalue weighted by molar-refractivity contribution is 6.30. The smallest absolute Gasteiger partial charge is 0.337 e. The Labute approximate surface area is 176 Å². The summed E-state index contributed by atoms with van der Waals surface area (Å²) in [6.07, 6.45) is 0. The van der Waals surface area contributed by atoms with Crippen molar-refractivity contribution in [2.24, 2.45) is 0 Å². The van der Waals surface area contributed by atoms with Gasteiger partial charge in [-0.15, -0.1) is 0 Å². The highest BCUT2D eigenvalue weighted by atomic mass is 35.5. The molecule has 4 rings (SSSR count). The van der Waals surface area contributed by atoms with Crippen molar-refractivity contribution in [3.63, 3.8) is 0 Å². The molecule has 30 heavy (non-hydrogen) atoms. The molecule has 3 amide bonds. The molecule has 0 saturated carbocycles. The van der Waals surface area contributed by atoms with Gasteiger partial charge in [-0.3, -0.25) is 10.1 Å². The van der Waals surface area contributed by atoms with E-state index >= 15 is 0 Å². The Bertz CT molecular complexity index is 1190. The minimum atomic E-state index is -0.611. The molecule has 0 unspecified atom stereocenters. The minimum Gasteiger partial charge on any atom is -0.465 e. The maximum atomic E-state index is 12.3. The molecule has 1 fully saturated rings. The summed E-state index contributed by atoms with van der Waals surface area (Å²) < 4.78 is 10.7. The van der Waals surface area contributed by atoms with E-state index in [0.717, 1.165) is 5.56 Å². The van der Waals surface area contributed by atoms with Crippen molar-refractivity contribution in [1.82, 2.24) is 10.6 Å². The summed E-state index contributed by atoms with van der Waals surface area (Å²) in [6, 6.07) is 16.4. The lowest BCUT2D eigenvalue weighted by atomic mass is 10.0. The fraction of sp³-hybridized carbons (Fsp3) is 0.0455. The van der Waals surface area contributed by atoms with Crippen molar-refractivity contribution in [2.45, 2.75) is 0 Å². The SMILES string of the molecule is COC(=O)c1ccc(-c2ccc(C(=C3NC(=O)NC3=O)c3cccc(Cl)c3)o2)cc1. The first-order chi connectivity index (χ1) is 14.5. The molecule has 2 N–H and O–H groups in total. The number of hydrogen-bond donors (Lipinski definition) is 2. The first kappa shape index (κ1) is 19.5. The fourth-order valence-electron chi connectivity index (χ4n) is 3.11. The number of methoxy groups -OCH3 is 1. The summed E-state index contributed by atoms with van der Waals surface area (Å²) in [6.45, 7) is 0. The number of ether oxygens (including phenoxy) is 1. The van der Waals surface area contributed by atoms with Crippen molar-refractivity contribution < 1.29 is 23.5 Å². The van der Waals surface area contributed by atoms with Crippen LogP contribution in [0.15, 0.2) is 70.8 Å². The summed E-state index contributed by atoms with van der Waals surface area (Å²) in [5, 5.41) is 5.19. The Balaban J connectivity index is 1.78. The van der Waals surface area contributed by atoms with Crippen LogP contribution < -0.4 is 10.6 Å². The number of rotatable bonds is 4. The van der Waals surface area contributed by atoms with E-state index in [1.165, 1.54) is 7.11 Å². The molecule has 0 radical (unpaired) electrons. The maximum absolute atomic E-state index is 12.3. The highest BCUT2D eigenvalue weighted by Gasteiger charge is 2.29. The zero-order valence-corrected chi connectivity index (χ0v) is 16.4. The highest BCUT2D eigenvalue weighted by Crippen LogP contribution is 2.33. The number of urea groups is 1. The first-order valence-electron chi connectivity index (χ1n) is 8.88. The molecule has 0 spiro atoms. The monoisotopic (exact) mass is 422 g/mol. The number of esters is 1. The van der Waals surface area contributed by atoms with Gasteiger partial charge in [-0.25, -0.2) is 9.59 Å². The summed E-state index contributed by atoms with van der Waals surface area (Å²) >= 11 is 6.12. The molecule has 8 heteroatoms. The van der Waals surface area contributed by atoms with Crippen LogP contribution in [0.25, 0.3) is 16.9 Å². The van der Waals surface area contributed by atoms with Crippen LogP contribution in [0.2, 0.25) is 5.02 Å². The lowest BCUT2D eigenvalue weighted by Gasteiger charge is -2.09. The van der Waals surface area contributed by atoms with Crippen molar-refractivity contribution in [2.75, 3.05) is 7.11 Å². The van der Waals surface area contributed by atoms with E-state index in [-0.39, 0.29) is 5.70 Å². The number of imide groups is 1. The number of carbonyl (C=O) groups excluding carboxylic acids is 3. The van der Waals surface area contributed by atoms with Gasteiger partial charge in [0.25, 0.3) is 5.91 Å². The number of carbonyl (C=O) groups is 3. The molecule has 1 aromatic heterocycles. The fourth-order valence-corrected chi connectivity index (χ4v) is 3.30. The molecule has 150 valence electrons. The van der Waals surface area contributed by atoms with Crippen molar-refractivity contribution >= 4 is 35.1 Å². The Hall–Kier alpha value is -3.84. The molecular weight excluding hydrogens is 408 g/mol. The molecule has 3 aromatic rings. The second kappa shape index (κ2) is 7.88. The van der Waals surface area contributed by atoms with Gasteiger partial charge in [0, 0.05) is 10.6 Å². The Morgan fingerprint density at radius 2 is 1.73 bits per heavy atom. The van der Waals surface area contributed by atoms with Crippen molar-refractivity contribution in [1.29, 1.82) is 0 Å². The van der Waals surface area contributed by atoms with Gasteiger partial charge in [-0.1, -0.05) is 35.9 Å². The summed E-state index contributed by atoms with van der Waals surface area (Å²) in [5.41, 5.74) is 2.23. The Morgan fingerprint density at radius 3 is 2.37 bits per heavy atom. The number of hydrogen-bond acceptors (Lipinski definition) is 5. The van der Waals surface area contributed by atoms with Crippen LogP contribution in [0.5, 0.6) is 0 Å². The molecular formula is C22H15ClN2O5. The van der Waals surface area contributed by atoms with Gasteiger partial charge in [-0.2, -0.15) is 0 Å². The normalized spacial score (nSPS) is 14.9. The van der Waals surface area contributed by atoms with E-state index in [1.54, 1.807) is 60.7 Å². The van der Waals surface area contributed by atoms with E-state index in [2.05, 4.69) is 10.6 Å². The van der Waals surface area contributed by atoms with Gasteiger partial charge in [0.05, 0.1) is 18.2 Å². The van der Waals surface area contributed by atoms with Gasteiger partial charge in [0.1, 0.15) is 17.2 Å². The third-order valence-corrected chi connectivity index (χ3v) is 4.73. The summed E-state index contributed by atoms with van der Waals surface area (Å²) in [4.78, 5) is 35.6. The molecule has 0 bridgehead atoms. The van der Waals surface area contributed by atoms with Crippen LogP contribution >= 0.6 is 11.6 Å². The van der Waals surface area contributed by atoms with Crippen LogP contribution in [0.4, 0.5) is 4.79 Å². The van der Waals surface area contributed by atoms with Crippen LogP contribution in [0.1, 0.15) is 21.7 Å². The third-order valence-electron chi connectivity index (χ3n) is 4.50. The first-order valence-corrected chi connectivity index (χ1v) is 9.25. The molecule has 1 aliphatic heterocycles. The average molecular weight is 423 g/mol. The topological polar surface area (TPSA) is 97.6 Å². The lowest BCUT2D eigenvalue weighted by Crippen LogP contribution is -2.22. The van der Waals surface area contributed by atoms with E-state index in [0.29, 0.717) is 33.2 Å². The summed E-state index contributed by atoms with van der Waals surface area (Å²) in [5.74, 6) is -0.101. The van der Waals surface area contributed by atoms with Gasteiger partial charge in [0.15, 0.2) is 0 Å². The molecule has 2 heterocycles. The molecule has 0 aliphatic carbocycles. The predicted octanol–water partition coefficient (Wildman–Crippen LogP) is 3.99. The number of nitrogens with one attached hydrogen (secondary N) is 2. The van der Waals surface area contributed by atoms with Gasteiger partial charge >= 0.3 is 12.0 Å². The van der Waals surface area contributed by atoms with E-state index in [4.69, 9.17) is 20.8 Å². The molecule has 0 atom stereocenters. The number of halogens is 1. The molecule has 7 nitrogen and oxygen atoms in total. The van der Waals surface area contributed by atoms with E-state index in [9.17, 15) is 14.4 Å². The average Bonchev–Trinajstić information content (AvgIpc) is 3.35.